The van der Waals surface area contributed by atoms with Crippen molar-refractivity contribution in [1.82, 2.24) is 9.97 Å². The Morgan fingerprint density at radius 1 is 1.13 bits per heavy atom. The van der Waals surface area contributed by atoms with Crippen LogP contribution in [0, 0.1) is 5.82 Å². The molecule has 0 N–H and O–H groups in total. The molecule has 0 unspecified atom stereocenters. The highest BCUT2D eigenvalue weighted by molar-refractivity contribution is 5.63. The maximum absolute atomic E-state index is 12.6. The second-order valence-electron chi connectivity index (χ2n) is 2.93. The summed E-state index contributed by atoms with van der Waals surface area (Å²) >= 11 is 0. The average Bonchev–Trinajstić information content (AvgIpc) is 2.30. The van der Waals surface area contributed by atoms with E-state index in [0.29, 0.717) is 11.6 Å². The van der Waals surface area contributed by atoms with Gasteiger partial charge in [-0.1, -0.05) is 12.1 Å². The molecule has 2 aromatic rings. The fourth-order valence-electron chi connectivity index (χ4n) is 1.28. The quantitative estimate of drug-likeness (QED) is 0.752. The highest BCUT2D eigenvalue weighted by Crippen LogP contribution is 2.25. The number of halogens is 1. The summed E-state index contributed by atoms with van der Waals surface area (Å²) in [5.74, 6) is 0.673. The van der Waals surface area contributed by atoms with Crippen LogP contribution in [0.4, 0.5) is 4.39 Å². The molecule has 15 heavy (non-hydrogen) atoms. The zero-order chi connectivity index (χ0) is 10.7. The van der Waals surface area contributed by atoms with Crippen molar-refractivity contribution in [2.24, 2.45) is 0 Å². The van der Waals surface area contributed by atoms with Crippen LogP contribution >= 0.6 is 0 Å². The Morgan fingerprint density at radius 2 is 1.80 bits per heavy atom. The Balaban J connectivity index is 2.49. The Kier molecular flexibility index (Phi) is 2.58. The number of hydrogen-bond donors (Lipinski definition) is 0. The molecule has 0 saturated carbocycles. The summed E-state index contributed by atoms with van der Waals surface area (Å²) in [6, 6.07) is 7.34. The Labute approximate surface area is 86.6 Å². The van der Waals surface area contributed by atoms with Crippen molar-refractivity contribution >= 4 is 0 Å². The third-order valence-corrected chi connectivity index (χ3v) is 1.97. The molecule has 4 heteroatoms. The Morgan fingerprint density at radius 3 is 2.47 bits per heavy atom. The summed E-state index contributed by atoms with van der Waals surface area (Å²) in [6.45, 7) is 0. The number of para-hydroxylation sites is 1. The highest BCUT2D eigenvalue weighted by atomic mass is 19.1. The predicted octanol–water partition coefficient (Wildman–Crippen LogP) is 2.29. The van der Waals surface area contributed by atoms with Crippen LogP contribution in [-0.2, 0) is 0 Å². The molecule has 0 amide bonds. The number of rotatable bonds is 2. The summed E-state index contributed by atoms with van der Waals surface area (Å²) in [5, 5.41) is 0. The van der Waals surface area contributed by atoms with Gasteiger partial charge in [-0.3, -0.25) is 0 Å². The summed E-state index contributed by atoms with van der Waals surface area (Å²) < 4.78 is 17.8. The van der Waals surface area contributed by atoms with Gasteiger partial charge in [0.2, 0.25) is 0 Å². The van der Waals surface area contributed by atoms with Gasteiger partial charge in [-0.05, 0) is 12.1 Å². The molecule has 0 aliphatic heterocycles. The molecule has 0 aliphatic rings. The second-order valence-corrected chi connectivity index (χ2v) is 2.93. The molecule has 2 rings (SSSR count). The zero-order valence-corrected chi connectivity index (χ0v) is 8.14. The van der Waals surface area contributed by atoms with Gasteiger partial charge in [0.1, 0.15) is 5.75 Å². The van der Waals surface area contributed by atoms with E-state index < -0.39 is 5.82 Å². The molecular formula is C11H9FN2O. The molecule has 0 saturated heterocycles. The molecule has 3 nitrogen and oxygen atoms in total. The normalized spacial score (nSPS) is 10.0. The molecule has 0 aliphatic carbocycles. The maximum atomic E-state index is 12.6. The van der Waals surface area contributed by atoms with E-state index in [1.165, 1.54) is 0 Å². The predicted molar refractivity (Wildman–Crippen MR) is 54.0 cm³/mol. The monoisotopic (exact) mass is 204 g/mol. The topological polar surface area (TPSA) is 35.0 Å². The van der Waals surface area contributed by atoms with Gasteiger partial charge in [0.05, 0.1) is 25.1 Å². The van der Waals surface area contributed by atoms with Gasteiger partial charge in [0.25, 0.3) is 0 Å². The molecule has 76 valence electrons. The summed E-state index contributed by atoms with van der Waals surface area (Å²) in [5.41, 5.74) is 0.750. The standard InChI is InChI=1S/C11H9FN2O/c1-15-10-5-3-2-4-9(10)11-13-6-8(12)7-14-11/h2-7H,1H3. The number of nitrogens with zero attached hydrogens (tertiary/aromatic N) is 2. The van der Waals surface area contributed by atoms with Crippen LogP contribution < -0.4 is 4.74 Å². The van der Waals surface area contributed by atoms with Crippen molar-refractivity contribution in [2.75, 3.05) is 7.11 Å². The van der Waals surface area contributed by atoms with Gasteiger partial charge in [-0.25, -0.2) is 14.4 Å². The van der Waals surface area contributed by atoms with Crippen molar-refractivity contribution in [3.63, 3.8) is 0 Å². The fraction of sp³-hybridized carbons (Fsp3) is 0.0909. The second kappa shape index (κ2) is 4.04. The maximum Gasteiger partial charge on any atom is 0.163 e. The lowest BCUT2D eigenvalue weighted by Gasteiger charge is -2.05. The highest BCUT2D eigenvalue weighted by Gasteiger charge is 2.06. The van der Waals surface area contributed by atoms with Crippen molar-refractivity contribution in [3.05, 3.63) is 42.5 Å². The van der Waals surface area contributed by atoms with E-state index in [1.807, 2.05) is 24.3 Å². The minimum Gasteiger partial charge on any atom is -0.496 e. The third-order valence-electron chi connectivity index (χ3n) is 1.97. The van der Waals surface area contributed by atoms with E-state index in [0.717, 1.165) is 18.0 Å². The molecule has 1 heterocycles. The van der Waals surface area contributed by atoms with E-state index in [2.05, 4.69) is 9.97 Å². The first-order chi connectivity index (χ1) is 7.31. The lowest BCUT2D eigenvalue weighted by atomic mass is 10.2. The number of methoxy groups -OCH3 is 1. The third kappa shape index (κ3) is 1.93. The minimum absolute atomic E-state index is 0.450. The van der Waals surface area contributed by atoms with Crippen LogP contribution in [0.2, 0.25) is 0 Å². The zero-order valence-electron chi connectivity index (χ0n) is 8.14. The van der Waals surface area contributed by atoms with E-state index in [-0.39, 0.29) is 0 Å². The molecular weight excluding hydrogens is 195 g/mol. The number of hydrogen-bond acceptors (Lipinski definition) is 3. The van der Waals surface area contributed by atoms with Crippen molar-refractivity contribution in [2.45, 2.75) is 0 Å². The summed E-state index contributed by atoms with van der Waals surface area (Å²) in [4.78, 5) is 7.78. The molecule has 0 atom stereocenters. The van der Waals surface area contributed by atoms with Gasteiger partial charge >= 0.3 is 0 Å². The largest absolute Gasteiger partial charge is 0.496 e. The van der Waals surface area contributed by atoms with Gasteiger partial charge in [-0.15, -0.1) is 0 Å². The van der Waals surface area contributed by atoms with E-state index >= 15 is 0 Å². The van der Waals surface area contributed by atoms with Gasteiger partial charge in [0, 0.05) is 0 Å². The van der Waals surface area contributed by atoms with Crippen LogP contribution in [-0.4, -0.2) is 17.1 Å². The lowest BCUT2D eigenvalue weighted by Crippen LogP contribution is -1.93. The van der Waals surface area contributed by atoms with Crippen molar-refractivity contribution in [3.8, 4) is 17.1 Å². The van der Waals surface area contributed by atoms with Gasteiger partial charge in [-0.2, -0.15) is 0 Å². The van der Waals surface area contributed by atoms with Crippen LogP contribution in [0.25, 0.3) is 11.4 Å². The van der Waals surface area contributed by atoms with Crippen molar-refractivity contribution in [1.29, 1.82) is 0 Å². The van der Waals surface area contributed by atoms with E-state index in [9.17, 15) is 4.39 Å². The molecule has 1 aromatic carbocycles. The molecule has 0 fully saturated rings. The van der Waals surface area contributed by atoms with Crippen LogP contribution in [0.15, 0.2) is 36.7 Å². The van der Waals surface area contributed by atoms with Crippen molar-refractivity contribution < 1.29 is 9.13 Å². The van der Waals surface area contributed by atoms with Gasteiger partial charge < -0.3 is 4.74 Å². The van der Waals surface area contributed by atoms with Crippen LogP contribution in [0.1, 0.15) is 0 Å². The first-order valence-corrected chi connectivity index (χ1v) is 4.42. The van der Waals surface area contributed by atoms with Gasteiger partial charge in [0.15, 0.2) is 11.6 Å². The lowest BCUT2D eigenvalue weighted by molar-refractivity contribution is 0.416. The average molecular weight is 204 g/mol. The molecule has 0 radical (unpaired) electrons. The number of benzene rings is 1. The Bertz CT molecular complexity index is 456. The van der Waals surface area contributed by atoms with E-state index in [4.69, 9.17) is 4.74 Å². The van der Waals surface area contributed by atoms with E-state index in [1.54, 1.807) is 7.11 Å². The summed E-state index contributed by atoms with van der Waals surface area (Å²) in [7, 11) is 1.57. The smallest absolute Gasteiger partial charge is 0.163 e. The fourth-order valence-corrected chi connectivity index (χ4v) is 1.28. The first kappa shape index (κ1) is 9.58. The minimum atomic E-state index is -0.450. The SMILES string of the molecule is COc1ccccc1-c1ncc(F)cn1. The number of aromatic nitrogens is 2. The van der Waals surface area contributed by atoms with Crippen LogP contribution in [0.3, 0.4) is 0 Å². The Hall–Kier alpha value is -1.97. The molecule has 0 bridgehead atoms. The molecule has 0 spiro atoms. The molecule has 1 aromatic heterocycles. The number of ether oxygens (including phenoxy) is 1. The summed E-state index contributed by atoms with van der Waals surface area (Å²) in [6.07, 6.45) is 2.27. The first-order valence-electron chi connectivity index (χ1n) is 4.42. The van der Waals surface area contributed by atoms with Crippen LogP contribution in [0.5, 0.6) is 5.75 Å².